The zero-order chi connectivity index (χ0) is 15.7. The molecule has 22 heavy (non-hydrogen) atoms. The molecule has 1 amide bonds. The maximum absolute atomic E-state index is 12.5. The Bertz CT molecular complexity index is 824. The van der Waals surface area contributed by atoms with Crippen LogP contribution in [0.5, 0.6) is 0 Å². The molecule has 112 valence electrons. The predicted octanol–water partition coefficient (Wildman–Crippen LogP) is 3.23. The number of carbonyl (C=O) groups is 1. The molecule has 0 bridgehead atoms. The number of aromatic nitrogens is 3. The van der Waals surface area contributed by atoms with Crippen LogP contribution in [0.25, 0.3) is 11.2 Å². The molecule has 1 aromatic carbocycles. The van der Waals surface area contributed by atoms with E-state index in [1.54, 1.807) is 6.07 Å². The van der Waals surface area contributed by atoms with Crippen LogP contribution in [0.3, 0.4) is 0 Å². The second-order valence-electron chi connectivity index (χ2n) is 4.53. The van der Waals surface area contributed by atoms with Gasteiger partial charge in [-0.15, -0.1) is 0 Å². The molecule has 3 aromatic rings. The van der Waals surface area contributed by atoms with Crippen molar-refractivity contribution in [2.45, 2.75) is 6.18 Å². The van der Waals surface area contributed by atoms with Crippen molar-refractivity contribution in [2.24, 2.45) is 0 Å². The third kappa shape index (κ3) is 2.76. The van der Waals surface area contributed by atoms with Crippen LogP contribution in [0.15, 0.2) is 42.9 Å². The number of amides is 1. The number of alkyl halides is 3. The van der Waals surface area contributed by atoms with E-state index in [1.807, 2.05) is 0 Å². The second kappa shape index (κ2) is 5.14. The molecule has 5 nitrogen and oxygen atoms in total. The number of benzene rings is 1. The molecule has 2 N–H and O–H groups in total. The van der Waals surface area contributed by atoms with Gasteiger partial charge >= 0.3 is 6.18 Å². The fraction of sp³-hybridized carbons (Fsp3) is 0.0714. The molecule has 8 heteroatoms. The summed E-state index contributed by atoms with van der Waals surface area (Å²) >= 11 is 0. The molecule has 0 aliphatic rings. The van der Waals surface area contributed by atoms with E-state index < -0.39 is 17.6 Å². The Kier molecular flexibility index (Phi) is 3.28. The first-order valence-electron chi connectivity index (χ1n) is 6.21. The summed E-state index contributed by atoms with van der Waals surface area (Å²) in [6.07, 6.45) is -1.60. The first-order valence-corrected chi connectivity index (χ1v) is 6.21. The highest BCUT2D eigenvalue weighted by Gasteiger charge is 2.29. The van der Waals surface area contributed by atoms with Crippen molar-refractivity contribution in [1.82, 2.24) is 15.0 Å². The number of rotatable bonds is 2. The third-order valence-electron chi connectivity index (χ3n) is 3.01. The van der Waals surface area contributed by atoms with Gasteiger partial charge in [0.15, 0.2) is 5.65 Å². The van der Waals surface area contributed by atoms with Crippen molar-refractivity contribution < 1.29 is 18.0 Å². The minimum atomic E-state index is -4.40. The molecule has 0 aliphatic carbocycles. The number of anilines is 1. The highest BCUT2D eigenvalue weighted by molar-refractivity contribution is 6.05. The number of pyridine rings is 1. The number of nitrogens with zero attached hydrogens (tertiary/aromatic N) is 2. The van der Waals surface area contributed by atoms with E-state index in [0.29, 0.717) is 11.2 Å². The Morgan fingerprint density at radius 1 is 1.14 bits per heavy atom. The number of halogens is 3. The van der Waals surface area contributed by atoms with E-state index in [1.165, 1.54) is 24.7 Å². The van der Waals surface area contributed by atoms with Crippen molar-refractivity contribution in [2.75, 3.05) is 5.32 Å². The number of fused-ring (bicyclic) bond motifs is 1. The maximum atomic E-state index is 12.5. The van der Waals surface area contributed by atoms with E-state index in [2.05, 4.69) is 20.3 Å². The van der Waals surface area contributed by atoms with Crippen LogP contribution in [-0.2, 0) is 6.18 Å². The number of imidazole rings is 1. The standard InChI is InChI=1S/C14H9F3N4O/c15-14(16,17)9-1-3-10(4-2-9)21-13(22)8-5-11-12(18-6-8)20-7-19-11/h1-7H,(H,21,22)(H,18,19,20). The van der Waals surface area contributed by atoms with Gasteiger partial charge in [0.1, 0.15) is 0 Å². The van der Waals surface area contributed by atoms with Gasteiger partial charge in [0.2, 0.25) is 0 Å². The number of H-pyrrole nitrogens is 1. The SMILES string of the molecule is O=C(Nc1ccc(C(F)(F)F)cc1)c1cnc2nc[nH]c2c1. The minimum Gasteiger partial charge on any atom is -0.343 e. The lowest BCUT2D eigenvalue weighted by Crippen LogP contribution is -2.12. The highest BCUT2D eigenvalue weighted by atomic mass is 19.4. The van der Waals surface area contributed by atoms with Crippen molar-refractivity contribution in [3.05, 3.63) is 54.0 Å². The number of hydrogen-bond donors (Lipinski definition) is 2. The lowest BCUT2D eigenvalue weighted by molar-refractivity contribution is -0.137. The summed E-state index contributed by atoms with van der Waals surface area (Å²) in [5, 5.41) is 2.51. The average Bonchev–Trinajstić information content (AvgIpc) is 2.94. The second-order valence-corrected chi connectivity index (χ2v) is 4.53. The van der Waals surface area contributed by atoms with Crippen molar-refractivity contribution in [3.63, 3.8) is 0 Å². The molecule has 2 aromatic heterocycles. The molecule has 0 unspecified atom stereocenters. The van der Waals surface area contributed by atoms with Gasteiger partial charge in [-0.05, 0) is 30.3 Å². The van der Waals surface area contributed by atoms with Crippen molar-refractivity contribution >= 4 is 22.8 Å². The van der Waals surface area contributed by atoms with Crippen molar-refractivity contribution in [3.8, 4) is 0 Å². The van der Waals surface area contributed by atoms with E-state index in [4.69, 9.17) is 0 Å². The van der Waals surface area contributed by atoms with Gasteiger partial charge in [-0.1, -0.05) is 0 Å². The summed E-state index contributed by atoms with van der Waals surface area (Å²) in [7, 11) is 0. The molecule has 0 saturated carbocycles. The third-order valence-corrected chi connectivity index (χ3v) is 3.01. The molecule has 0 saturated heterocycles. The highest BCUT2D eigenvalue weighted by Crippen LogP contribution is 2.29. The van der Waals surface area contributed by atoms with Gasteiger partial charge in [-0.3, -0.25) is 4.79 Å². The first-order chi connectivity index (χ1) is 10.4. The zero-order valence-electron chi connectivity index (χ0n) is 11.0. The van der Waals surface area contributed by atoms with Crippen LogP contribution in [0, 0.1) is 0 Å². The molecular formula is C14H9F3N4O. The smallest absolute Gasteiger partial charge is 0.343 e. The number of aromatic amines is 1. The summed E-state index contributed by atoms with van der Waals surface area (Å²) in [4.78, 5) is 22.8. The topological polar surface area (TPSA) is 70.7 Å². The Labute approximate surface area is 122 Å². The Morgan fingerprint density at radius 2 is 1.86 bits per heavy atom. The van der Waals surface area contributed by atoms with Crippen LogP contribution in [0.4, 0.5) is 18.9 Å². The summed E-state index contributed by atoms with van der Waals surface area (Å²) in [6.45, 7) is 0. The fourth-order valence-corrected chi connectivity index (χ4v) is 1.90. The van der Waals surface area contributed by atoms with Gasteiger partial charge in [0.25, 0.3) is 5.91 Å². The van der Waals surface area contributed by atoms with E-state index in [-0.39, 0.29) is 11.3 Å². The largest absolute Gasteiger partial charge is 0.416 e. The van der Waals surface area contributed by atoms with Gasteiger partial charge in [0, 0.05) is 11.9 Å². The molecule has 0 spiro atoms. The van der Waals surface area contributed by atoms with E-state index >= 15 is 0 Å². The van der Waals surface area contributed by atoms with Gasteiger partial charge in [-0.25, -0.2) is 9.97 Å². The van der Waals surface area contributed by atoms with Crippen LogP contribution in [0.2, 0.25) is 0 Å². The van der Waals surface area contributed by atoms with E-state index in [9.17, 15) is 18.0 Å². The van der Waals surface area contributed by atoms with Gasteiger partial charge in [-0.2, -0.15) is 13.2 Å². The minimum absolute atomic E-state index is 0.266. The first kappa shape index (κ1) is 14.1. The van der Waals surface area contributed by atoms with Crippen LogP contribution in [-0.4, -0.2) is 20.9 Å². The molecule has 0 atom stereocenters. The lowest BCUT2D eigenvalue weighted by Gasteiger charge is -2.08. The van der Waals surface area contributed by atoms with Gasteiger partial charge < -0.3 is 10.3 Å². The average molecular weight is 306 g/mol. The van der Waals surface area contributed by atoms with Crippen LogP contribution in [0.1, 0.15) is 15.9 Å². The van der Waals surface area contributed by atoms with Crippen LogP contribution >= 0.6 is 0 Å². The monoisotopic (exact) mass is 306 g/mol. The maximum Gasteiger partial charge on any atom is 0.416 e. The fourth-order valence-electron chi connectivity index (χ4n) is 1.90. The number of hydrogen-bond acceptors (Lipinski definition) is 3. The lowest BCUT2D eigenvalue weighted by atomic mass is 10.2. The van der Waals surface area contributed by atoms with Gasteiger partial charge in [0.05, 0.1) is 23.0 Å². The Balaban J connectivity index is 1.78. The molecule has 2 heterocycles. The molecule has 0 aliphatic heterocycles. The molecule has 0 fully saturated rings. The quantitative estimate of drug-likeness (QED) is 0.763. The normalized spacial score (nSPS) is 11.6. The Hall–Kier alpha value is -2.90. The molecule has 0 radical (unpaired) electrons. The molecular weight excluding hydrogens is 297 g/mol. The summed E-state index contributed by atoms with van der Waals surface area (Å²) < 4.78 is 37.4. The summed E-state index contributed by atoms with van der Waals surface area (Å²) in [6, 6.07) is 5.78. The molecule has 3 rings (SSSR count). The predicted molar refractivity (Wildman–Crippen MR) is 73.3 cm³/mol. The summed E-state index contributed by atoms with van der Waals surface area (Å²) in [5.41, 5.74) is 0.844. The van der Waals surface area contributed by atoms with Crippen LogP contribution < -0.4 is 5.32 Å². The number of carbonyl (C=O) groups excluding carboxylic acids is 1. The Morgan fingerprint density at radius 3 is 2.55 bits per heavy atom. The van der Waals surface area contributed by atoms with Crippen molar-refractivity contribution in [1.29, 1.82) is 0 Å². The summed E-state index contributed by atoms with van der Waals surface area (Å²) in [5.74, 6) is -0.469. The zero-order valence-corrected chi connectivity index (χ0v) is 11.0. The number of nitrogens with one attached hydrogen (secondary N) is 2. The van der Waals surface area contributed by atoms with E-state index in [0.717, 1.165) is 12.1 Å².